The summed E-state index contributed by atoms with van der Waals surface area (Å²) in [5, 5.41) is 7.81. The van der Waals surface area contributed by atoms with Gasteiger partial charge in [-0.05, 0) is 38.0 Å². The molecule has 2 N–H and O–H groups in total. The van der Waals surface area contributed by atoms with Gasteiger partial charge in [0.25, 0.3) is 12.4 Å². The molecule has 1 aromatic carbocycles. The highest BCUT2D eigenvalue weighted by Gasteiger charge is 2.42. The summed E-state index contributed by atoms with van der Waals surface area (Å²) in [4.78, 5) is 53.0. The SMILES string of the molecule is C[C@H]1C(=O)N2CCC[C@@H]2CN1C(=O)c1c[nH]c2cc(Cl)ccc2c1=O.O=CO. The maximum atomic E-state index is 13.0. The summed E-state index contributed by atoms with van der Waals surface area (Å²) in [6, 6.07) is 4.39. The number of hydrogen-bond donors (Lipinski definition) is 2. The number of carboxylic acid groups (broad SMARTS) is 1. The molecule has 0 unspecified atom stereocenters. The molecule has 9 heteroatoms. The number of hydrogen-bond acceptors (Lipinski definition) is 4. The van der Waals surface area contributed by atoms with Crippen LogP contribution in [0, 0.1) is 0 Å². The van der Waals surface area contributed by atoms with Gasteiger partial charge in [0.1, 0.15) is 11.6 Å². The quantitative estimate of drug-likeness (QED) is 0.702. The molecule has 4 rings (SSSR count). The largest absolute Gasteiger partial charge is 0.483 e. The van der Waals surface area contributed by atoms with Crippen LogP contribution in [0.15, 0.2) is 29.2 Å². The average molecular weight is 406 g/mol. The summed E-state index contributed by atoms with van der Waals surface area (Å²) in [5.41, 5.74) is 0.295. The fraction of sp³-hybridized carbons (Fsp3) is 0.368. The lowest BCUT2D eigenvalue weighted by Crippen LogP contribution is -2.60. The van der Waals surface area contributed by atoms with Crippen molar-refractivity contribution in [2.24, 2.45) is 0 Å². The number of aromatic amines is 1. The molecule has 0 radical (unpaired) electrons. The number of rotatable bonds is 1. The van der Waals surface area contributed by atoms with E-state index in [4.69, 9.17) is 21.5 Å². The van der Waals surface area contributed by atoms with E-state index in [1.807, 2.05) is 4.90 Å². The predicted octanol–water partition coefficient (Wildman–Crippen LogP) is 1.72. The van der Waals surface area contributed by atoms with E-state index in [1.165, 1.54) is 11.1 Å². The van der Waals surface area contributed by atoms with Crippen LogP contribution in [0.25, 0.3) is 10.9 Å². The second-order valence-corrected chi connectivity index (χ2v) is 7.22. The van der Waals surface area contributed by atoms with Gasteiger partial charge in [0.05, 0.1) is 5.52 Å². The van der Waals surface area contributed by atoms with Crippen molar-refractivity contribution in [3.05, 3.63) is 45.2 Å². The monoisotopic (exact) mass is 405 g/mol. The molecule has 0 bridgehead atoms. The smallest absolute Gasteiger partial charge is 0.290 e. The molecule has 2 atom stereocenters. The zero-order valence-corrected chi connectivity index (χ0v) is 16.0. The van der Waals surface area contributed by atoms with E-state index in [9.17, 15) is 14.4 Å². The number of fused-ring (bicyclic) bond motifs is 2. The molecule has 2 fully saturated rings. The number of carbonyl (C=O) groups is 3. The van der Waals surface area contributed by atoms with E-state index in [1.54, 1.807) is 25.1 Å². The summed E-state index contributed by atoms with van der Waals surface area (Å²) in [6.45, 7) is 2.71. The van der Waals surface area contributed by atoms with Gasteiger partial charge in [0, 0.05) is 35.7 Å². The number of nitrogens with one attached hydrogen (secondary N) is 1. The second kappa shape index (κ2) is 8.02. The zero-order chi connectivity index (χ0) is 20.4. The van der Waals surface area contributed by atoms with Crippen molar-refractivity contribution in [2.45, 2.75) is 31.8 Å². The van der Waals surface area contributed by atoms with Crippen LogP contribution in [0.5, 0.6) is 0 Å². The third-order valence-electron chi connectivity index (χ3n) is 5.23. The Balaban J connectivity index is 0.000000706. The molecule has 2 amide bonds. The predicted molar refractivity (Wildman–Crippen MR) is 104 cm³/mol. The number of benzene rings is 1. The van der Waals surface area contributed by atoms with Crippen molar-refractivity contribution in [3.8, 4) is 0 Å². The summed E-state index contributed by atoms with van der Waals surface area (Å²) in [7, 11) is 0. The maximum absolute atomic E-state index is 13.0. The Morgan fingerprint density at radius 3 is 2.79 bits per heavy atom. The van der Waals surface area contributed by atoms with Crippen LogP contribution >= 0.6 is 11.6 Å². The molecule has 28 heavy (non-hydrogen) atoms. The van der Waals surface area contributed by atoms with Crippen molar-refractivity contribution in [3.63, 3.8) is 0 Å². The summed E-state index contributed by atoms with van der Waals surface area (Å²) in [5.74, 6) is -0.434. The van der Waals surface area contributed by atoms with Gasteiger partial charge in [-0.2, -0.15) is 0 Å². The van der Waals surface area contributed by atoms with Crippen LogP contribution in [0.4, 0.5) is 0 Å². The van der Waals surface area contributed by atoms with Crippen molar-refractivity contribution in [1.29, 1.82) is 0 Å². The molecule has 2 aromatic rings. The highest BCUT2D eigenvalue weighted by Crippen LogP contribution is 2.26. The first-order valence-electron chi connectivity index (χ1n) is 8.89. The van der Waals surface area contributed by atoms with Crippen molar-refractivity contribution < 1.29 is 19.5 Å². The Labute approximate surface area is 165 Å². The molecular weight excluding hydrogens is 386 g/mol. The Hall–Kier alpha value is -2.87. The number of piperazine rings is 1. The highest BCUT2D eigenvalue weighted by molar-refractivity contribution is 6.31. The first kappa shape index (κ1) is 19.9. The molecule has 0 aliphatic carbocycles. The van der Waals surface area contributed by atoms with Gasteiger partial charge in [0.15, 0.2) is 0 Å². The number of amides is 2. The Morgan fingerprint density at radius 2 is 2.07 bits per heavy atom. The number of nitrogens with zero attached hydrogens (tertiary/aromatic N) is 2. The number of halogens is 1. The van der Waals surface area contributed by atoms with Crippen LogP contribution in [0.2, 0.25) is 5.02 Å². The molecule has 0 spiro atoms. The van der Waals surface area contributed by atoms with E-state index >= 15 is 0 Å². The zero-order valence-electron chi connectivity index (χ0n) is 15.2. The summed E-state index contributed by atoms with van der Waals surface area (Å²) < 4.78 is 0. The van der Waals surface area contributed by atoms with Gasteiger partial charge < -0.3 is 19.9 Å². The lowest BCUT2D eigenvalue weighted by Gasteiger charge is -2.41. The van der Waals surface area contributed by atoms with E-state index in [0.29, 0.717) is 22.5 Å². The molecule has 2 saturated heterocycles. The Morgan fingerprint density at radius 1 is 1.36 bits per heavy atom. The van der Waals surface area contributed by atoms with Crippen LogP contribution in [-0.2, 0) is 9.59 Å². The van der Waals surface area contributed by atoms with E-state index < -0.39 is 11.9 Å². The van der Waals surface area contributed by atoms with Gasteiger partial charge in [-0.3, -0.25) is 19.2 Å². The van der Waals surface area contributed by atoms with Gasteiger partial charge in [0.2, 0.25) is 11.3 Å². The second-order valence-electron chi connectivity index (χ2n) is 6.79. The number of carbonyl (C=O) groups excluding carboxylic acids is 2. The Kier molecular flexibility index (Phi) is 5.69. The van der Waals surface area contributed by atoms with E-state index in [2.05, 4.69) is 4.98 Å². The molecule has 1 aromatic heterocycles. The number of pyridine rings is 1. The third-order valence-corrected chi connectivity index (χ3v) is 5.46. The van der Waals surface area contributed by atoms with Crippen molar-refractivity contribution >= 4 is 40.8 Å². The van der Waals surface area contributed by atoms with Crippen molar-refractivity contribution in [2.75, 3.05) is 13.1 Å². The van der Waals surface area contributed by atoms with Crippen molar-refractivity contribution in [1.82, 2.24) is 14.8 Å². The van der Waals surface area contributed by atoms with Gasteiger partial charge in [-0.25, -0.2) is 0 Å². The minimum atomic E-state index is -0.554. The molecule has 2 aliphatic heterocycles. The highest BCUT2D eigenvalue weighted by atomic mass is 35.5. The first-order valence-corrected chi connectivity index (χ1v) is 9.27. The Bertz CT molecular complexity index is 989. The van der Waals surface area contributed by atoms with Crippen LogP contribution < -0.4 is 5.43 Å². The lowest BCUT2D eigenvalue weighted by molar-refractivity contribution is -0.141. The topological polar surface area (TPSA) is 111 Å². The van der Waals surface area contributed by atoms with Gasteiger partial charge in [-0.1, -0.05) is 11.6 Å². The van der Waals surface area contributed by atoms with Crippen LogP contribution in [0.1, 0.15) is 30.1 Å². The average Bonchev–Trinajstić information content (AvgIpc) is 3.14. The fourth-order valence-electron chi connectivity index (χ4n) is 3.84. The molecule has 3 heterocycles. The van der Waals surface area contributed by atoms with Crippen LogP contribution in [0.3, 0.4) is 0 Å². The molecule has 148 valence electrons. The summed E-state index contributed by atoms with van der Waals surface area (Å²) in [6.07, 6.45) is 3.28. The third kappa shape index (κ3) is 3.47. The van der Waals surface area contributed by atoms with Gasteiger partial charge >= 0.3 is 0 Å². The van der Waals surface area contributed by atoms with Gasteiger partial charge in [-0.15, -0.1) is 0 Å². The van der Waals surface area contributed by atoms with Crippen LogP contribution in [-0.4, -0.2) is 63.4 Å². The fourth-order valence-corrected chi connectivity index (χ4v) is 4.01. The normalized spacial score (nSPS) is 21.1. The summed E-state index contributed by atoms with van der Waals surface area (Å²) >= 11 is 5.94. The number of aromatic nitrogens is 1. The molecule has 8 nitrogen and oxygen atoms in total. The minimum Gasteiger partial charge on any atom is -0.483 e. The minimum absolute atomic E-state index is 0.0360. The standard InChI is InChI=1S/C18H18ClN3O3.CH2O2/c1-10-17(24)21-6-2-3-12(21)9-22(10)18(25)14-8-20-15-7-11(19)4-5-13(15)16(14)23;2-1-3/h4-5,7-8,10,12H,2-3,6,9H2,1H3,(H,20,23);1H,(H,2,3)/t10-,12+;/m0./s1. The van der Waals surface area contributed by atoms with E-state index in [-0.39, 0.29) is 29.4 Å². The van der Waals surface area contributed by atoms with E-state index in [0.717, 1.165) is 19.4 Å². The first-order chi connectivity index (χ1) is 13.4. The molecule has 0 saturated carbocycles. The number of H-pyrrole nitrogens is 1. The molecule has 2 aliphatic rings. The maximum Gasteiger partial charge on any atom is 0.290 e. The molecular formula is C19H20ClN3O5. The lowest BCUT2D eigenvalue weighted by atomic mass is 10.0.